The molecule has 1 aromatic carbocycles. The minimum absolute atomic E-state index is 0.0478. The molecule has 0 aliphatic carbocycles. The van der Waals surface area contributed by atoms with Crippen LogP contribution in [-0.4, -0.2) is 39.0 Å². The first-order valence-corrected chi connectivity index (χ1v) is 10.8. The Labute approximate surface area is 224 Å². The number of anilines is 1. The van der Waals surface area contributed by atoms with Gasteiger partial charge >= 0.3 is 24.5 Å². The lowest BCUT2D eigenvalue weighted by Crippen LogP contribution is -2.32. The lowest BCUT2D eigenvalue weighted by Gasteiger charge is -2.23. The van der Waals surface area contributed by atoms with Crippen LogP contribution in [0.3, 0.4) is 0 Å². The highest BCUT2D eigenvalue weighted by atomic mass is 19.4. The van der Waals surface area contributed by atoms with Crippen molar-refractivity contribution in [2.45, 2.75) is 31.5 Å². The van der Waals surface area contributed by atoms with E-state index in [1.54, 1.807) is 0 Å². The van der Waals surface area contributed by atoms with Crippen molar-refractivity contribution in [2.24, 2.45) is 0 Å². The quantitative estimate of drug-likeness (QED) is 0.329. The predicted octanol–water partition coefficient (Wildman–Crippen LogP) is 5.63. The van der Waals surface area contributed by atoms with Gasteiger partial charge in [-0.1, -0.05) is 12.1 Å². The summed E-state index contributed by atoms with van der Waals surface area (Å²) in [6.45, 7) is 1.25. The van der Waals surface area contributed by atoms with Gasteiger partial charge in [0.1, 0.15) is 5.82 Å². The van der Waals surface area contributed by atoms with Crippen molar-refractivity contribution < 1.29 is 59.0 Å². The summed E-state index contributed by atoms with van der Waals surface area (Å²) in [5.74, 6) is -3.87. The van der Waals surface area contributed by atoms with E-state index < -0.39 is 59.2 Å². The maximum absolute atomic E-state index is 13.6. The predicted molar refractivity (Wildman–Crippen MR) is 122 cm³/mol. The number of pyridine rings is 2. The Balaban J connectivity index is 0.000000745. The number of rotatable bonds is 5. The Hall–Kier alpha value is -4.70. The molecule has 2 amide bonds. The number of hydrogen-bond acceptors (Lipinski definition) is 5. The maximum atomic E-state index is 13.6. The molecule has 1 unspecified atom stereocenters. The van der Waals surface area contributed by atoms with Crippen LogP contribution in [0.4, 0.5) is 45.3 Å². The number of carboxylic acid groups (broad SMARTS) is 1. The highest BCUT2D eigenvalue weighted by Crippen LogP contribution is 2.36. The highest BCUT2D eigenvalue weighted by Gasteiger charge is 2.39. The zero-order valence-corrected chi connectivity index (χ0v) is 20.3. The van der Waals surface area contributed by atoms with Crippen LogP contribution in [0.15, 0.2) is 60.9 Å². The number of nitrogens with one attached hydrogen (secondary N) is 2. The smallest absolute Gasteiger partial charge is 0.475 e. The zero-order chi connectivity index (χ0) is 31.2. The van der Waals surface area contributed by atoms with Crippen molar-refractivity contribution in [1.82, 2.24) is 15.3 Å². The molecule has 2 heterocycles. The van der Waals surface area contributed by atoms with Gasteiger partial charge in [-0.2, -0.15) is 39.5 Å². The first-order valence-electron chi connectivity index (χ1n) is 10.8. The van der Waals surface area contributed by atoms with Crippen molar-refractivity contribution in [3.05, 3.63) is 88.9 Å². The SMILES string of the molecule is CC(=O)Nc1ccc(C(=O)NC(c2ccc(C(F)(F)F)cc2)c2ncccc2C(F)(F)F)cn1.O=C(O)C(F)(F)F. The summed E-state index contributed by atoms with van der Waals surface area (Å²) < 4.78 is 111. The largest absolute Gasteiger partial charge is 0.490 e. The molecule has 3 N–H and O–H groups in total. The van der Waals surface area contributed by atoms with Crippen molar-refractivity contribution in [3.63, 3.8) is 0 Å². The standard InChI is InChI=1S/C22H16F6N4O2.C2HF3O2/c1-12(33)31-17-9-6-14(11-30-17)20(34)32-18(13-4-7-15(8-5-13)21(23,24)25)19-16(22(26,27)28)3-2-10-29-19;3-2(4,5)1(6)7/h2-11,18H,1H3,(H,32,34)(H,30,31,33);(H,6,7). The molecule has 41 heavy (non-hydrogen) atoms. The second-order valence-corrected chi connectivity index (χ2v) is 7.88. The minimum Gasteiger partial charge on any atom is -0.475 e. The fraction of sp³-hybridized carbons (Fsp3) is 0.208. The van der Waals surface area contributed by atoms with Crippen molar-refractivity contribution in [2.75, 3.05) is 5.32 Å². The summed E-state index contributed by atoms with van der Waals surface area (Å²) in [6, 6.07) is 6.23. The average molecular weight is 596 g/mol. The Morgan fingerprint density at radius 3 is 1.85 bits per heavy atom. The molecule has 0 aliphatic heterocycles. The third-order valence-electron chi connectivity index (χ3n) is 4.84. The van der Waals surface area contributed by atoms with E-state index in [1.807, 2.05) is 0 Å². The number of carboxylic acids is 1. The van der Waals surface area contributed by atoms with Gasteiger partial charge in [0, 0.05) is 19.3 Å². The second kappa shape index (κ2) is 12.6. The molecule has 0 saturated carbocycles. The Bertz CT molecular complexity index is 1370. The summed E-state index contributed by atoms with van der Waals surface area (Å²) >= 11 is 0. The molecule has 1 atom stereocenters. The van der Waals surface area contributed by atoms with E-state index in [1.165, 1.54) is 19.1 Å². The molecular formula is C24H17F9N4O4. The second-order valence-electron chi connectivity index (χ2n) is 7.88. The molecule has 2 aromatic heterocycles. The van der Waals surface area contributed by atoms with Crippen LogP contribution in [-0.2, 0) is 21.9 Å². The van der Waals surface area contributed by atoms with Crippen LogP contribution >= 0.6 is 0 Å². The Morgan fingerprint density at radius 2 is 1.41 bits per heavy atom. The van der Waals surface area contributed by atoms with Gasteiger partial charge in [0.25, 0.3) is 5.91 Å². The number of carbonyl (C=O) groups is 3. The third kappa shape index (κ3) is 9.47. The molecule has 0 bridgehead atoms. The lowest BCUT2D eigenvalue weighted by atomic mass is 9.97. The molecular weight excluding hydrogens is 579 g/mol. The molecule has 0 fully saturated rings. The van der Waals surface area contributed by atoms with Crippen LogP contribution in [0, 0.1) is 0 Å². The van der Waals surface area contributed by atoms with Gasteiger partial charge in [-0.3, -0.25) is 14.6 Å². The van der Waals surface area contributed by atoms with Crippen molar-refractivity contribution >= 4 is 23.6 Å². The number of alkyl halides is 9. The number of halogens is 9. The molecule has 17 heteroatoms. The zero-order valence-electron chi connectivity index (χ0n) is 20.3. The number of amides is 2. The van der Waals surface area contributed by atoms with Gasteiger partial charge in [0.15, 0.2) is 0 Å². The molecule has 8 nitrogen and oxygen atoms in total. The average Bonchev–Trinajstić information content (AvgIpc) is 2.86. The summed E-state index contributed by atoms with van der Waals surface area (Å²) in [5, 5.41) is 11.9. The van der Waals surface area contributed by atoms with E-state index in [9.17, 15) is 49.1 Å². The van der Waals surface area contributed by atoms with Gasteiger partial charge < -0.3 is 15.7 Å². The van der Waals surface area contributed by atoms with E-state index in [0.717, 1.165) is 36.7 Å². The number of hydrogen-bond donors (Lipinski definition) is 3. The monoisotopic (exact) mass is 596 g/mol. The van der Waals surface area contributed by atoms with E-state index in [0.29, 0.717) is 12.1 Å². The molecule has 3 rings (SSSR count). The summed E-state index contributed by atoms with van der Waals surface area (Å²) in [6.07, 6.45) is -12.4. The van der Waals surface area contributed by atoms with Crippen LogP contribution in [0.5, 0.6) is 0 Å². The van der Waals surface area contributed by atoms with E-state index in [-0.39, 0.29) is 16.9 Å². The summed E-state index contributed by atoms with van der Waals surface area (Å²) in [5.41, 5.74) is -2.86. The number of carbonyl (C=O) groups excluding carboxylic acids is 2. The fourth-order valence-corrected chi connectivity index (χ4v) is 3.06. The van der Waals surface area contributed by atoms with Crippen LogP contribution in [0.1, 0.15) is 45.7 Å². The fourth-order valence-electron chi connectivity index (χ4n) is 3.06. The molecule has 220 valence electrons. The molecule has 3 aromatic rings. The molecule has 0 radical (unpaired) electrons. The normalized spacial score (nSPS) is 12.4. The number of aliphatic carboxylic acids is 1. The van der Waals surface area contributed by atoms with Gasteiger partial charge in [-0.15, -0.1) is 0 Å². The van der Waals surface area contributed by atoms with Crippen molar-refractivity contribution in [1.29, 1.82) is 0 Å². The van der Waals surface area contributed by atoms with E-state index >= 15 is 0 Å². The van der Waals surface area contributed by atoms with E-state index in [4.69, 9.17) is 9.90 Å². The Kier molecular flexibility index (Phi) is 10.0. The summed E-state index contributed by atoms with van der Waals surface area (Å²) in [4.78, 5) is 40.4. The van der Waals surface area contributed by atoms with Gasteiger partial charge in [-0.25, -0.2) is 9.78 Å². The minimum atomic E-state index is -5.08. The molecule has 0 saturated heterocycles. The van der Waals surface area contributed by atoms with E-state index in [2.05, 4.69) is 20.6 Å². The van der Waals surface area contributed by atoms with Gasteiger partial charge in [-0.05, 0) is 42.0 Å². The van der Waals surface area contributed by atoms with Crippen LogP contribution < -0.4 is 10.6 Å². The number of nitrogens with zero attached hydrogens (tertiary/aromatic N) is 2. The first kappa shape index (κ1) is 32.5. The first-order chi connectivity index (χ1) is 18.8. The summed E-state index contributed by atoms with van der Waals surface area (Å²) in [7, 11) is 0. The van der Waals surface area contributed by atoms with Gasteiger partial charge in [0.2, 0.25) is 5.91 Å². The topological polar surface area (TPSA) is 121 Å². The maximum Gasteiger partial charge on any atom is 0.490 e. The number of benzene rings is 1. The Morgan fingerprint density at radius 1 is 0.829 bits per heavy atom. The van der Waals surface area contributed by atoms with Crippen molar-refractivity contribution in [3.8, 4) is 0 Å². The lowest BCUT2D eigenvalue weighted by molar-refractivity contribution is -0.192. The number of aromatic nitrogens is 2. The van der Waals surface area contributed by atoms with Gasteiger partial charge in [0.05, 0.1) is 28.4 Å². The third-order valence-corrected chi connectivity index (χ3v) is 4.84. The molecule has 0 aliphatic rings. The van der Waals surface area contributed by atoms with Crippen LogP contribution in [0.2, 0.25) is 0 Å². The van der Waals surface area contributed by atoms with Crippen LogP contribution in [0.25, 0.3) is 0 Å². The highest BCUT2D eigenvalue weighted by molar-refractivity contribution is 5.95. The molecule has 0 spiro atoms.